The lowest BCUT2D eigenvalue weighted by atomic mass is 10.2. The lowest BCUT2D eigenvalue weighted by Crippen LogP contribution is -1.94. The molecule has 14 heavy (non-hydrogen) atoms. The minimum absolute atomic E-state index is 0.00960. The van der Waals surface area contributed by atoms with Crippen molar-refractivity contribution in [2.45, 2.75) is 27.7 Å². The van der Waals surface area contributed by atoms with Crippen LogP contribution in [0.1, 0.15) is 27.7 Å². The quantitative estimate of drug-likeness (QED) is 0.390. The van der Waals surface area contributed by atoms with E-state index < -0.39 is 0 Å². The van der Waals surface area contributed by atoms with Gasteiger partial charge in [-0.2, -0.15) is 0 Å². The Kier molecular flexibility index (Phi) is 5.37. The summed E-state index contributed by atoms with van der Waals surface area (Å²) in [5.41, 5.74) is 0.961. The van der Waals surface area contributed by atoms with Crippen LogP contribution in [0.2, 0.25) is 0 Å². The molecule has 0 aromatic rings. The summed E-state index contributed by atoms with van der Waals surface area (Å²) in [7, 11) is 0. The van der Waals surface area contributed by atoms with Crippen LogP contribution in [0, 0.1) is 0 Å². The monoisotopic (exact) mass is 193 g/mol. The van der Waals surface area contributed by atoms with Gasteiger partial charge in [-0.3, -0.25) is 14.6 Å². The molecule has 0 atom stereocenters. The Hall–Kier alpha value is -1.51. The van der Waals surface area contributed by atoms with Crippen molar-refractivity contribution >= 4 is 17.8 Å². The molecule has 3 nitrogen and oxygen atoms in total. The van der Waals surface area contributed by atoms with Crippen molar-refractivity contribution in [2.24, 2.45) is 4.99 Å². The maximum absolute atomic E-state index is 11.0. The number of hydrogen-bond acceptors (Lipinski definition) is 3. The lowest BCUT2D eigenvalue weighted by Gasteiger charge is -1.94. The molecule has 0 saturated heterocycles. The number of rotatable bonds is 4. The highest BCUT2D eigenvalue weighted by atomic mass is 16.1. The first-order valence-electron chi connectivity index (χ1n) is 4.38. The minimum Gasteiger partial charge on any atom is -0.295 e. The Bertz CT molecular complexity index is 322. The molecular formula is C11H15NO2. The molecule has 0 bridgehead atoms. The number of allylic oxidation sites excluding steroid dienone is 4. The summed E-state index contributed by atoms with van der Waals surface area (Å²) in [6.07, 6.45) is 4.70. The zero-order valence-electron chi connectivity index (χ0n) is 9.00. The highest BCUT2D eigenvalue weighted by Gasteiger charge is 1.99. The van der Waals surface area contributed by atoms with Gasteiger partial charge in [0, 0.05) is 13.1 Å². The number of nitrogens with zero attached hydrogens (tertiary/aromatic N) is 1. The number of hydrogen-bond donors (Lipinski definition) is 0. The standard InChI is InChI=1S/C11H15NO2/c1-5-12-11(10(4)14)7-6-8(2)9(3)13/h5-7H,1-4H3/b8-6+,11-7-,12-5?. The fraction of sp³-hybridized carbons (Fsp3) is 0.364. The molecule has 0 amide bonds. The summed E-state index contributed by atoms with van der Waals surface area (Å²) in [5.74, 6) is -0.125. The van der Waals surface area contributed by atoms with E-state index in [-0.39, 0.29) is 11.6 Å². The van der Waals surface area contributed by atoms with E-state index in [4.69, 9.17) is 0 Å². The second-order valence-corrected chi connectivity index (χ2v) is 2.90. The molecule has 0 aliphatic heterocycles. The Morgan fingerprint density at radius 2 is 1.57 bits per heavy atom. The summed E-state index contributed by atoms with van der Waals surface area (Å²) < 4.78 is 0. The van der Waals surface area contributed by atoms with Crippen LogP contribution in [-0.2, 0) is 9.59 Å². The Morgan fingerprint density at radius 3 is 1.93 bits per heavy atom. The van der Waals surface area contributed by atoms with Gasteiger partial charge in [0.25, 0.3) is 0 Å². The van der Waals surface area contributed by atoms with Crippen molar-refractivity contribution in [2.75, 3.05) is 0 Å². The van der Waals surface area contributed by atoms with E-state index in [0.717, 1.165) is 0 Å². The number of aliphatic imine (C=N–C) groups is 1. The third-order valence-electron chi connectivity index (χ3n) is 1.68. The normalized spacial score (nSPS) is 13.4. The third-order valence-corrected chi connectivity index (χ3v) is 1.68. The van der Waals surface area contributed by atoms with Crippen LogP contribution in [0.5, 0.6) is 0 Å². The fourth-order valence-corrected chi connectivity index (χ4v) is 0.712. The molecule has 0 unspecified atom stereocenters. The van der Waals surface area contributed by atoms with Gasteiger partial charge in [0.1, 0.15) is 5.70 Å². The molecule has 0 aliphatic carbocycles. The van der Waals surface area contributed by atoms with Gasteiger partial charge in [-0.05, 0) is 32.4 Å². The molecule has 0 heterocycles. The van der Waals surface area contributed by atoms with E-state index in [0.29, 0.717) is 11.3 Å². The SMILES string of the molecule is CC=N/C(=C\C=C(/C)C(C)=O)C(C)=O. The summed E-state index contributed by atoms with van der Waals surface area (Å²) in [6, 6.07) is 0. The predicted octanol–water partition coefficient (Wildman–Crippen LogP) is 2.09. The van der Waals surface area contributed by atoms with Crippen molar-refractivity contribution in [3.8, 4) is 0 Å². The van der Waals surface area contributed by atoms with Crippen LogP contribution in [0.4, 0.5) is 0 Å². The van der Waals surface area contributed by atoms with Gasteiger partial charge in [0.2, 0.25) is 0 Å². The molecule has 3 heteroatoms. The highest BCUT2D eigenvalue weighted by molar-refractivity contribution is 5.96. The molecule has 76 valence electrons. The second kappa shape index (κ2) is 6.02. The van der Waals surface area contributed by atoms with Crippen molar-refractivity contribution < 1.29 is 9.59 Å². The van der Waals surface area contributed by atoms with Crippen LogP contribution >= 0.6 is 0 Å². The van der Waals surface area contributed by atoms with Crippen LogP contribution < -0.4 is 0 Å². The first kappa shape index (κ1) is 12.5. The first-order valence-corrected chi connectivity index (χ1v) is 4.38. The van der Waals surface area contributed by atoms with Gasteiger partial charge in [-0.15, -0.1) is 0 Å². The van der Waals surface area contributed by atoms with E-state index in [1.807, 2.05) is 0 Å². The van der Waals surface area contributed by atoms with Crippen LogP contribution in [0.25, 0.3) is 0 Å². The summed E-state index contributed by atoms with van der Waals surface area (Å²) in [6.45, 7) is 6.36. The van der Waals surface area contributed by atoms with E-state index >= 15 is 0 Å². The number of carbonyl (C=O) groups is 2. The van der Waals surface area contributed by atoms with Crippen LogP contribution in [0.3, 0.4) is 0 Å². The van der Waals surface area contributed by atoms with E-state index in [9.17, 15) is 9.59 Å². The largest absolute Gasteiger partial charge is 0.295 e. The maximum atomic E-state index is 11.0. The van der Waals surface area contributed by atoms with Crippen molar-refractivity contribution in [1.82, 2.24) is 0 Å². The molecule has 0 aromatic heterocycles. The van der Waals surface area contributed by atoms with Gasteiger partial charge in [0.15, 0.2) is 11.6 Å². The maximum Gasteiger partial charge on any atom is 0.178 e. The lowest BCUT2D eigenvalue weighted by molar-refractivity contribution is -0.114. The van der Waals surface area contributed by atoms with Crippen LogP contribution in [0.15, 0.2) is 28.4 Å². The molecule has 0 spiro atoms. The molecule has 0 fully saturated rings. The molecule has 0 aromatic carbocycles. The van der Waals surface area contributed by atoms with E-state index in [2.05, 4.69) is 4.99 Å². The molecular weight excluding hydrogens is 178 g/mol. The van der Waals surface area contributed by atoms with Crippen molar-refractivity contribution in [1.29, 1.82) is 0 Å². The topological polar surface area (TPSA) is 46.5 Å². The average molecular weight is 193 g/mol. The Morgan fingerprint density at radius 1 is 1.00 bits per heavy atom. The van der Waals surface area contributed by atoms with Gasteiger partial charge >= 0.3 is 0 Å². The fourth-order valence-electron chi connectivity index (χ4n) is 0.712. The molecule has 0 N–H and O–H groups in total. The van der Waals surface area contributed by atoms with Gasteiger partial charge in [-0.1, -0.05) is 6.08 Å². The van der Waals surface area contributed by atoms with Crippen LogP contribution in [-0.4, -0.2) is 17.8 Å². The predicted molar refractivity (Wildman–Crippen MR) is 57.4 cm³/mol. The van der Waals surface area contributed by atoms with E-state index in [1.165, 1.54) is 13.8 Å². The summed E-state index contributed by atoms with van der Waals surface area (Å²) in [5, 5.41) is 0. The molecule has 0 radical (unpaired) electrons. The number of carbonyl (C=O) groups excluding carboxylic acids is 2. The Labute approximate surface area is 84.2 Å². The third kappa shape index (κ3) is 4.50. The average Bonchev–Trinajstić information content (AvgIpc) is 2.10. The zero-order valence-corrected chi connectivity index (χ0v) is 9.00. The minimum atomic E-state index is -0.115. The second-order valence-electron chi connectivity index (χ2n) is 2.90. The van der Waals surface area contributed by atoms with Gasteiger partial charge in [0.05, 0.1) is 0 Å². The summed E-state index contributed by atoms with van der Waals surface area (Å²) in [4.78, 5) is 25.8. The Balaban J connectivity index is 4.85. The number of Topliss-reactive ketones (excluding diaryl/α,β-unsaturated/α-hetero) is 2. The highest BCUT2D eigenvalue weighted by Crippen LogP contribution is 2.01. The van der Waals surface area contributed by atoms with Crippen molar-refractivity contribution in [3.05, 3.63) is 23.4 Å². The van der Waals surface area contributed by atoms with Crippen molar-refractivity contribution in [3.63, 3.8) is 0 Å². The summed E-state index contributed by atoms with van der Waals surface area (Å²) >= 11 is 0. The zero-order chi connectivity index (χ0) is 11.1. The van der Waals surface area contributed by atoms with Gasteiger partial charge in [-0.25, -0.2) is 0 Å². The molecule has 0 rings (SSSR count). The first-order chi connectivity index (χ1) is 6.49. The van der Waals surface area contributed by atoms with Gasteiger partial charge < -0.3 is 0 Å². The molecule has 0 aliphatic rings. The van der Waals surface area contributed by atoms with E-state index in [1.54, 1.807) is 32.2 Å². The molecule has 0 saturated carbocycles. The smallest absolute Gasteiger partial charge is 0.178 e. The number of ketones is 2.